The fraction of sp³-hybridized carbons (Fsp3) is 0.263. The average Bonchev–Trinajstić information content (AvgIpc) is 3.44. The lowest BCUT2D eigenvalue weighted by atomic mass is 9.97. The lowest BCUT2D eigenvalue weighted by Gasteiger charge is -2.17. The van der Waals surface area contributed by atoms with Gasteiger partial charge in [0.25, 0.3) is 5.91 Å². The summed E-state index contributed by atoms with van der Waals surface area (Å²) in [5, 5.41) is 3.53. The van der Waals surface area contributed by atoms with Gasteiger partial charge in [-0.2, -0.15) is 0 Å². The van der Waals surface area contributed by atoms with Crippen molar-refractivity contribution in [3.8, 4) is 0 Å². The molecule has 0 bridgehead atoms. The largest absolute Gasteiger partial charge is 0.348 e. The Morgan fingerprint density at radius 1 is 1.08 bits per heavy atom. The van der Waals surface area contributed by atoms with E-state index in [2.05, 4.69) is 5.32 Å². The number of carbonyl (C=O) groups excluding carboxylic acids is 2. The number of hydrogen-bond donors (Lipinski definition) is 2. The second kappa shape index (κ2) is 8.48. The molecule has 1 saturated carbocycles. The van der Waals surface area contributed by atoms with E-state index >= 15 is 0 Å². The molecule has 0 spiro atoms. The zero-order chi connectivity index (χ0) is 17.1. The van der Waals surface area contributed by atoms with Gasteiger partial charge in [-0.15, -0.1) is 12.4 Å². The van der Waals surface area contributed by atoms with E-state index in [-0.39, 0.29) is 30.1 Å². The lowest BCUT2D eigenvalue weighted by Crippen LogP contribution is -2.42. The van der Waals surface area contributed by atoms with Gasteiger partial charge in [0.15, 0.2) is 5.78 Å². The second-order valence-corrected chi connectivity index (χ2v) is 6.47. The van der Waals surface area contributed by atoms with E-state index in [1.54, 1.807) is 48.5 Å². The van der Waals surface area contributed by atoms with E-state index in [1.807, 2.05) is 0 Å². The number of nitrogens with two attached hydrogens (primary N) is 1. The monoisotopic (exact) mass is 378 g/mol. The summed E-state index contributed by atoms with van der Waals surface area (Å²) < 4.78 is 0. The Balaban J connectivity index is 0.00000225. The quantitative estimate of drug-likeness (QED) is 0.755. The highest BCUT2D eigenvalue weighted by Crippen LogP contribution is 2.32. The Morgan fingerprint density at radius 3 is 2.24 bits per heavy atom. The molecule has 4 nitrogen and oxygen atoms in total. The molecule has 0 aromatic heterocycles. The van der Waals surface area contributed by atoms with Gasteiger partial charge in [-0.05, 0) is 49.1 Å². The molecule has 1 unspecified atom stereocenters. The first kappa shape index (κ1) is 19.4. The van der Waals surface area contributed by atoms with Gasteiger partial charge in [0, 0.05) is 28.7 Å². The fourth-order valence-electron chi connectivity index (χ4n) is 2.75. The molecule has 1 amide bonds. The summed E-state index contributed by atoms with van der Waals surface area (Å²) in [6, 6.07) is 13.4. The van der Waals surface area contributed by atoms with E-state index < -0.39 is 0 Å². The van der Waals surface area contributed by atoms with Crippen LogP contribution in [0.5, 0.6) is 0 Å². The first-order valence-corrected chi connectivity index (χ1v) is 8.38. The average molecular weight is 379 g/mol. The number of rotatable bonds is 6. The lowest BCUT2D eigenvalue weighted by molar-refractivity contribution is 0.0923. The molecule has 1 aliphatic carbocycles. The van der Waals surface area contributed by atoms with Gasteiger partial charge in [0.1, 0.15) is 0 Å². The number of hydrogen-bond acceptors (Lipinski definition) is 3. The first-order chi connectivity index (χ1) is 11.6. The molecule has 0 saturated heterocycles. The SMILES string of the molecule is Cl.NCC(NC(=O)c1ccccc1C(=O)c1ccc(Cl)cc1)C1CC1. The van der Waals surface area contributed by atoms with Gasteiger partial charge < -0.3 is 11.1 Å². The van der Waals surface area contributed by atoms with Crippen molar-refractivity contribution < 1.29 is 9.59 Å². The Morgan fingerprint density at radius 2 is 1.68 bits per heavy atom. The van der Waals surface area contributed by atoms with Crippen molar-refractivity contribution in [3.05, 3.63) is 70.2 Å². The summed E-state index contributed by atoms with van der Waals surface area (Å²) in [6.07, 6.45) is 2.18. The Bertz CT molecular complexity index is 758. The van der Waals surface area contributed by atoms with Crippen molar-refractivity contribution in [1.82, 2.24) is 5.32 Å². The molecule has 2 aromatic rings. The highest BCUT2D eigenvalue weighted by molar-refractivity contribution is 6.30. The van der Waals surface area contributed by atoms with Crippen molar-refractivity contribution in [1.29, 1.82) is 0 Å². The first-order valence-electron chi connectivity index (χ1n) is 8.00. The number of nitrogens with one attached hydrogen (secondary N) is 1. The normalized spacial score (nSPS) is 14.3. The molecule has 0 aliphatic heterocycles. The minimum Gasteiger partial charge on any atom is -0.348 e. The molecule has 25 heavy (non-hydrogen) atoms. The number of carbonyl (C=O) groups is 2. The molecule has 1 atom stereocenters. The maximum absolute atomic E-state index is 12.7. The Labute approximate surface area is 158 Å². The van der Waals surface area contributed by atoms with E-state index in [0.29, 0.717) is 34.2 Å². The number of benzene rings is 2. The van der Waals surface area contributed by atoms with Crippen LogP contribution < -0.4 is 11.1 Å². The third-order valence-electron chi connectivity index (χ3n) is 4.28. The predicted molar refractivity (Wildman–Crippen MR) is 102 cm³/mol. The van der Waals surface area contributed by atoms with Crippen LogP contribution in [0.1, 0.15) is 39.1 Å². The summed E-state index contributed by atoms with van der Waals surface area (Å²) in [5.41, 5.74) is 7.00. The molecular formula is C19H20Cl2N2O2. The van der Waals surface area contributed by atoms with Gasteiger partial charge in [-0.25, -0.2) is 0 Å². The smallest absolute Gasteiger partial charge is 0.252 e. The zero-order valence-corrected chi connectivity index (χ0v) is 15.1. The van der Waals surface area contributed by atoms with Gasteiger partial charge in [0.05, 0.1) is 5.56 Å². The molecule has 2 aromatic carbocycles. The van der Waals surface area contributed by atoms with Crippen molar-refractivity contribution in [3.63, 3.8) is 0 Å². The minimum atomic E-state index is -0.254. The summed E-state index contributed by atoms with van der Waals surface area (Å²) >= 11 is 5.87. The molecule has 3 rings (SSSR count). The summed E-state index contributed by atoms with van der Waals surface area (Å²) in [5.74, 6) is 0.00137. The van der Waals surface area contributed by atoms with Crippen molar-refractivity contribution >= 4 is 35.7 Å². The molecule has 132 valence electrons. The maximum Gasteiger partial charge on any atom is 0.252 e. The predicted octanol–water partition coefficient (Wildman–Crippen LogP) is 3.46. The van der Waals surface area contributed by atoms with Crippen LogP contribution in [0.25, 0.3) is 0 Å². The highest BCUT2D eigenvalue weighted by Gasteiger charge is 2.32. The van der Waals surface area contributed by atoms with Crippen LogP contribution in [0.4, 0.5) is 0 Å². The molecule has 0 heterocycles. The second-order valence-electron chi connectivity index (χ2n) is 6.03. The highest BCUT2D eigenvalue weighted by atomic mass is 35.5. The Hall–Kier alpha value is -1.88. The third kappa shape index (κ3) is 4.60. The minimum absolute atomic E-state index is 0. The van der Waals surface area contributed by atoms with Crippen LogP contribution >= 0.6 is 24.0 Å². The van der Waals surface area contributed by atoms with E-state index in [9.17, 15) is 9.59 Å². The van der Waals surface area contributed by atoms with Gasteiger partial charge in [0.2, 0.25) is 0 Å². The zero-order valence-electron chi connectivity index (χ0n) is 13.6. The number of halogens is 2. The number of amides is 1. The Kier molecular flexibility index (Phi) is 6.59. The van der Waals surface area contributed by atoms with Crippen LogP contribution in [-0.2, 0) is 0 Å². The van der Waals surface area contributed by atoms with Gasteiger partial charge in [-0.1, -0.05) is 29.8 Å². The molecule has 6 heteroatoms. The maximum atomic E-state index is 12.7. The van der Waals surface area contributed by atoms with Crippen molar-refractivity contribution in [2.75, 3.05) is 6.54 Å². The van der Waals surface area contributed by atoms with Crippen LogP contribution in [0.3, 0.4) is 0 Å². The van der Waals surface area contributed by atoms with Crippen molar-refractivity contribution in [2.24, 2.45) is 11.7 Å². The standard InChI is InChI=1S/C19H19ClN2O2.ClH/c20-14-9-7-13(8-10-14)18(23)15-3-1-2-4-16(15)19(24)22-17(11-21)12-5-6-12;/h1-4,7-10,12,17H,5-6,11,21H2,(H,22,24);1H. The van der Waals surface area contributed by atoms with Crippen LogP contribution in [-0.4, -0.2) is 24.3 Å². The van der Waals surface area contributed by atoms with E-state index in [4.69, 9.17) is 17.3 Å². The fourth-order valence-corrected chi connectivity index (χ4v) is 2.88. The van der Waals surface area contributed by atoms with E-state index in [1.165, 1.54) is 0 Å². The molecule has 1 aliphatic rings. The van der Waals surface area contributed by atoms with Gasteiger partial charge >= 0.3 is 0 Å². The topological polar surface area (TPSA) is 72.2 Å². The molecular weight excluding hydrogens is 359 g/mol. The van der Waals surface area contributed by atoms with Crippen LogP contribution in [0.2, 0.25) is 5.02 Å². The van der Waals surface area contributed by atoms with Crippen LogP contribution in [0, 0.1) is 5.92 Å². The summed E-state index contributed by atoms with van der Waals surface area (Å²) in [6.45, 7) is 0.406. The summed E-state index contributed by atoms with van der Waals surface area (Å²) in [7, 11) is 0. The van der Waals surface area contributed by atoms with E-state index in [0.717, 1.165) is 12.8 Å². The van der Waals surface area contributed by atoms with Crippen molar-refractivity contribution in [2.45, 2.75) is 18.9 Å². The van der Waals surface area contributed by atoms with Crippen LogP contribution in [0.15, 0.2) is 48.5 Å². The third-order valence-corrected chi connectivity index (χ3v) is 4.54. The molecule has 3 N–H and O–H groups in total. The molecule has 1 fully saturated rings. The number of ketones is 1. The summed E-state index contributed by atoms with van der Waals surface area (Å²) in [4.78, 5) is 25.4. The van der Waals surface area contributed by atoms with Gasteiger partial charge in [-0.3, -0.25) is 9.59 Å². The molecule has 0 radical (unpaired) electrons.